The Morgan fingerprint density at radius 2 is 1.94 bits per heavy atom. The minimum atomic E-state index is -5.08. The number of rotatable bonds is 3. The highest BCUT2D eigenvalue weighted by atomic mass is 19.4. The summed E-state index contributed by atoms with van der Waals surface area (Å²) in [5.41, 5.74) is 0.309. The van der Waals surface area contributed by atoms with Gasteiger partial charge in [0.1, 0.15) is 17.9 Å². The number of pyridine rings is 1. The molecule has 2 aromatic rings. The van der Waals surface area contributed by atoms with E-state index in [1.54, 1.807) is 4.90 Å². The predicted octanol–water partition coefficient (Wildman–Crippen LogP) is 2.09. The van der Waals surface area contributed by atoms with Gasteiger partial charge < -0.3 is 19.5 Å². The number of fused-ring (bicyclic) bond motifs is 1. The first kappa shape index (κ1) is 23.3. The minimum absolute atomic E-state index is 0.0332. The van der Waals surface area contributed by atoms with Crippen LogP contribution in [0.15, 0.2) is 36.9 Å². The summed E-state index contributed by atoms with van der Waals surface area (Å²) in [6, 6.07) is 2.69. The second kappa shape index (κ2) is 9.85. The third-order valence-electron chi connectivity index (χ3n) is 4.81. The number of aliphatic carboxylic acids is 1. The highest BCUT2D eigenvalue weighted by Gasteiger charge is 2.46. The standard InChI is InChI=1S/C17H17FN4O3.C2HF3O2/c18-11-2-1-5-21-16(11)25-14-4-3-13-15(14)24-9-8-22(13)17(23)12-10-19-6-7-20-12;3-2(4,5)1(6)7/h1-2,5-7,10,13-15H,3-4,8-9H2;(H,6,7)/t13-,14-,15+;/m0./s1. The molecule has 13 heteroatoms. The Kier molecular flexibility index (Phi) is 7.18. The van der Waals surface area contributed by atoms with E-state index in [9.17, 15) is 22.4 Å². The summed E-state index contributed by atoms with van der Waals surface area (Å²) < 4.78 is 57.1. The summed E-state index contributed by atoms with van der Waals surface area (Å²) in [4.78, 5) is 35.3. The molecule has 0 spiro atoms. The van der Waals surface area contributed by atoms with Crippen LogP contribution < -0.4 is 4.74 Å². The van der Waals surface area contributed by atoms with Crippen molar-refractivity contribution in [1.82, 2.24) is 19.9 Å². The van der Waals surface area contributed by atoms with Crippen LogP contribution in [0.2, 0.25) is 0 Å². The maximum atomic E-state index is 13.8. The first-order valence-corrected chi connectivity index (χ1v) is 9.44. The van der Waals surface area contributed by atoms with Crippen molar-refractivity contribution < 1.29 is 41.7 Å². The van der Waals surface area contributed by atoms with Gasteiger partial charge in [0.05, 0.1) is 18.8 Å². The first-order chi connectivity index (χ1) is 15.2. The SMILES string of the molecule is O=C(O)C(F)(F)F.O=C(c1cnccn1)N1CCO[C@H]2[C@@H](Oc3ncccc3F)CC[C@@H]21. The van der Waals surface area contributed by atoms with Crippen molar-refractivity contribution in [1.29, 1.82) is 0 Å². The lowest BCUT2D eigenvalue weighted by molar-refractivity contribution is -0.192. The van der Waals surface area contributed by atoms with E-state index in [0.717, 1.165) is 6.42 Å². The molecule has 1 aliphatic heterocycles. The monoisotopic (exact) mass is 458 g/mol. The third-order valence-corrected chi connectivity index (χ3v) is 4.81. The van der Waals surface area contributed by atoms with Crippen LogP contribution in [0.25, 0.3) is 0 Å². The van der Waals surface area contributed by atoms with Crippen LogP contribution in [0, 0.1) is 5.82 Å². The molecule has 0 bridgehead atoms. The molecule has 32 heavy (non-hydrogen) atoms. The summed E-state index contributed by atoms with van der Waals surface area (Å²) in [5.74, 6) is -3.47. The van der Waals surface area contributed by atoms with E-state index < -0.39 is 18.0 Å². The number of carbonyl (C=O) groups excluding carboxylic acids is 1. The molecule has 2 fully saturated rings. The number of amides is 1. The highest BCUT2D eigenvalue weighted by Crippen LogP contribution is 2.33. The zero-order valence-electron chi connectivity index (χ0n) is 16.4. The van der Waals surface area contributed by atoms with E-state index in [4.69, 9.17) is 19.4 Å². The summed E-state index contributed by atoms with van der Waals surface area (Å²) >= 11 is 0. The Morgan fingerprint density at radius 1 is 1.19 bits per heavy atom. The molecule has 2 aliphatic rings. The first-order valence-electron chi connectivity index (χ1n) is 9.44. The summed E-state index contributed by atoms with van der Waals surface area (Å²) in [6.45, 7) is 0.888. The molecule has 172 valence electrons. The number of carboxylic acids is 1. The molecule has 1 saturated carbocycles. The van der Waals surface area contributed by atoms with Gasteiger partial charge in [0.25, 0.3) is 11.8 Å². The molecule has 9 nitrogen and oxygen atoms in total. The summed E-state index contributed by atoms with van der Waals surface area (Å²) in [6.07, 6.45) is 1.61. The van der Waals surface area contributed by atoms with Crippen LogP contribution in [-0.4, -0.2) is 74.4 Å². The molecular weight excluding hydrogens is 440 g/mol. The Labute approximate surface area is 179 Å². The van der Waals surface area contributed by atoms with Crippen LogP contribution >= 0.6 is 0 Å². The van der Waals surface area contributed by atoms with Crippen molar-refractivity contribution >= 4 is 11.9 Å². The maximum absolute atomic E-state index is 13.8. The number of alkyl halides is 3. The number of nitrogens with zero attached hydrogens (tertiary/aromatic N) is 4. The van der Waals surface area contributed by atoms with Crippen LogP contribution in [0.1, 0.15) is 23.3 Å². The number of aromatic nitrogens is 3. The average Bonchev–Trinajstić information content (AvgIpc) is 3.18. The summed E-state index contributed by atoms with van der Waals surface area (Å²) in [5, 5.41) is 7.12. The molecule has 3 heterocycles. The molecule has 1 N–H and O–H groups in total. The van der Waals surface area contributed by atoms with Gasteiger partial charge in [-0.1, -0.05) is 0 Å². The van der Waals surface area contributed by atoms with Gasteiger partial charge in [-0.05, 0) is 25.0 Å². The summed E-state index contributed by atoms with van der Waals surface area (Å²) in [7, 11) is 0. The van der Waals surface area contributed by atoms with Gasteiger partial charge >= 0.3 is 12.1 Å². The molecule has 0 unspecified atom stereocenters. The highest BCUT2D eigenvalue weighted by molar-refractivity contribution is 5.92. The number of ether oxygens (including phenoxy) is 2. The zero-order valence-corrected chi connectivity index (χ0v) is 16.4. The fraction of sp³-hybridized carbons (Fsp3) is 0.421. The second-order valence-corrected chi connectivity index (χ2v) is 6.82. The van der Waals surface area contributed by atoms with Gasteiger partial charge in [-0.15, -0.1) is 0 Å². The van der Waals surface area contributed by atoms with E-state index in [1.165, 1.54) is 36.9 Å². The van der Waals surface area contributed by atoms with Crippen molar-refractivity contribution in [3.05, 3.63) is 48.4 Å². The largest absolute Gasteiger partial charge is 0.490 e. The molecule has 2 aromatic heterocycles. The fourth-order valence-electron chi connectivity index (χ4n) is 3.45. The minimum Gasteiger partial charge on any atom is -0.475 e. The van der Waals surface area contributed by atoms with Crippen molar-refractivity contribution in [3.63, 3.8) is 0 Å². The van der Waals surface area contributed by atoms with E-state index in [0.29, 0.717) is 25.3 Å². The van der Waals surface area contributed by atoms with E-state index in [1.807, 2.05) is 0 Å². The molecule has 1 aliphatic carbocycles. The number of halogens is 4. The molecule has 3 atom stereocenters. The van der Waals surface area contributed by atoms with Crippen molar-refractivity contribution in [2.75, 3.05) is 13.2 Å². The molecule has 1 amide bonds. The lowest BCUT2D eigenvalue weighted by Crippen LogP contribution is -2.54. The quantitative estimate of drug-likeness (QED) is 0.696. The van der Waals surface area contributed by atoms with Gasteiger partial charge in [-0.3, -0.25) is 9.78 Å². The second-order valence-electron chi connectivity index (χ2n) is 6.82. The molecule has 1 saturated heterocycles. The normalized spacial score (nSPS) is 22.4. The molecule has 0 radical (unpaired) electrons. The van der Waals surface area contributed by atoms with Gasteiger partial charge in [-0.25, -0.2) is 19.2 Å². The number of carboxylic acid groups (broad SMARTS) is 1. The number of hydrogen-bond acceptors (Lipinski definition) is 7. The van der Waals surface area contributed by atoms with E-state index >= 15 is 0 Å². The van der Waals surface area contributed by atoms with Gasteiger partial charge in [0.15, 0.2) is 5.82 Å². The Bertz CT molecular complexity index is 947. The van der Waals surface area contributed by atoms with Gasteiger partial charge in [0, 0.05) is 25.1 Å². The van der Waals surface area contributed by atoms with Crippen LogP contribution in [-0.2, 0) is 9.53 Å². The lowest BCUT2D eigenvalue weighted by Gasteiger charge is -2.38. The van der Waals surface area contributed by atoms with Crippen LogP contribution in [0.5, 0.6) is 5.88 Å². The number of hydrogen-bond donors (Lipinski definition) is 1. The third kappa shape index (κ3) is 5.46. The Morgan fingerprint density at radius 3 is 2.56 bits per heavy atom. The zero-order chi connectivity index (χ0) is 23.3. The molecule has 0 aromatic carbocycles. The fourth-order valence-corrected chi connectivity index (χ4v) is 3.45. The van der Waals surface area contributed by atoms with E-state index in [-0.39, 0.29) is 30.0 Å². The number of morpholine rings is 1. The molecule has 4 rings (SSSR count). The van der Waals surface area contributed by atoms with E-state index in [2.05, 4.69) is 15.0 Å². The van der Waals surface area contributed by atoms with Gasteiger partial charge in [0.2, 0.25) is 0 Å². The smallest absolute Gasteiger partial charge is 0.475 e. The van der Waals surface area contributed by atoms with Crippen molar-refractivity contribution in [3.8, 4) is 5.88 Å². The maximum Gasteiger partial charge on any atom is 0.490 e. The number of carbonyl (C=O) groups is 2. The van der Waals surface area contributed by atoms with Crippen molar-refractivity contribution in [2.24, 2.45) is 0 Å². The predicted molar refractivity (Wildman–Crippen MR) is 98.1 cm³/mol. The van der Waals surface area contributed by atoms with Crippen molar-refractivity contribution in [2.45, 2.75) is 37.3 Å². The van der Waals surface area contributed by atoms with Crippen LogP contribution in [0.4, 0.5) is 17.6 Å². The Hall–Kier alpha value is -3.35. The topological polar surface area (TPSA) is 115 Å². The van der Waals surface area contributed by atoms with Gasteiger partial charge in [-0.2, -0.15) is 13.2 Å². The Balaban J connectivity index is 0.000000360. The molecular formula is C19H18F4N4O5. The van der Waals surface area contributed by atoms with Crippen LogP contribution in [0.3, 0.4) is 0 Å². The lowest BCUT2D eigenvalue weighted by atomic mass is 10.1. The average molecular weight is 458 g/mol.